The van der Waals surface area contributed by atoms with Gasteiger partial charge in [-0.15, -0.1) is 0 Å². The van der Waals surface area contributed by atoms with E-state index in [4.69, 9.17) is 19.4 Å². The lowest BCUT2D eigenvalue weighted by molar-refractivity contribution is -0.117. The molecule has 0 bridgehead atoms. The molecule has 8 nitrogen and oxygen atoms in total. The van der Waals surface area contributed by atoms with Crippen molar-refractivity contribution in [2.75, 3.05) is 36.2 Å². The molecule has 2 radical (unpaired) electrons. The fraction of sp³-hybridized carbons (Fsp3) is 0.130. The number of carbonyl (C=O) groups is 3. The molecular formula is C23H21BClN5O3. The van der Waals surface area contributed by atoms with Gasteiger partial charge in [0.2, 0.25) is 5.91 Å². The van der Waals surface area contributed by atoms with Crippen LogP contribution in [0.5, 0.6) is 0 Å². The van der Waals surface area contributed by atoms with Crippen molar-refractivity contribution >= 4 is 59.8 Å². The molecule has 0 spiro atoms. The minimum Gasteiger partial charge on any atom is -0.321 e. The summed E-state index contributed by atoms with van der Waals surface area (Å²) in [5.74, 6) is -0.722. The normalized spacial score (nSPS) is 10.4. The molecule has 0 aliphatic carbocycles. The zero-order valence-electron chi connectivity index (χ0n) is 18.1. The van der Waals surface area contributed by atoms with Crippen molar-refractivity contribution < 1.29 is 14.4 Å². The maximum atomic E-state index is 12.8. The molecule has 166 valence electrons. The summed E-state index contributed by atoms with van der Waals surface area (Å²) in [4.78, 5) is 43.1. The molecule has 1 heterocycles. The number of anilines is 3. The lowest BCUT2D eigenvalue weighted by Crippen LogP contribution is -2.34. The van der Waals surface area contributed by atoms with E-state index in [1.165, 1.54) is 17.2 Å². The van der Waals surface area contributed by atoms with Crippen molar-refractivity contribution in [2.45, 2.75) is 0 Å². The Morgan fingerprint density at radius 3 is 2.36 bits per heavy atom. The summed E-state index contributed by atoms with van der Waals surface area (Å²) in [6, 6.07) is 14.3. The van der Waals surface area contributed by atoms with Gasteiger partial charge < -0.3 is 20.9 Å². The summed E-state index contributed by atoms with van der Waals surface area (Å²) < 4.78 is 0. The predicted octanol–water partition coefficient (Wildman–Crippen LogP) is 2.22. The van der Waals surface area contributed by atoms with E-state index in [1.807, 2.05) is 0 Å². The van der Waals surface area contributed by atoms with E-state index in [-0.39, 0.29) is 23.7 Å². The molecule has 0 atom stereocenters. The SMILES string of the molecule is [B]c1ccc(NC(=O)c2ccc(N(C)C(=O)CNC)cc2)c(C(=O)Nc2ccc(Cl)cn2)c1. The number of amides is 3. The second-order valence-electron chi connectivity index (χ2n) is 7.10. The Hall–Kier alpha value is -3.69. The lowest BCUT2D eigenvalue weighted by Gasteiger charge is -2.17. The molecule has 10 heteroatoms. The van der Waals surface area contributed by atoms with Gasteiger partial charge in [0, 0.05) is 24.5 Å². The highest BCUT2D eigenvalue weighted by atomic mass is 35.5. The third-order valence-corrected chi connectivity index (χ3v) is 4.95. The number of aromatic nitrogens is 1. The van der Waals surface area contributed by atoms with Crippen LogP contribution in [0.2, 0.25) is 5.02 Å². The first-order chi connectivity index (χ1) is 15.8. The van der Waals surface area contributed by atoms with Gasteiger partial charge in [0.15, 0.2) is 0 Å². The van der Waals surface area contributed by atoms with Gasteiger partial charge in [-0.3, -0.25) is 14.4 Å². The van der Waals surface area contributed by atoms with E-state index in [9.17, 15) is 14.4 Å². The maximum Gasteiger partial charge on any atom is 0.258 e. The third kappa shape index (κ3) is 6.18. The molecule has 1 aromatic heterocycles. The first-order valence-corrected chi connectivity index (χ1v) is 10.3. The van der Waals surface area contributed by atoms with E-state index in [0.29, 0.717) is 27.6 Å². The molecule has 3 rings (SSSR count). The van der Waals surface area contributed by atoms with E-state index in [0.717, 1.165) is 0 Å². The van der Waals surface area contributed by atoms with Gasteiger partial charge in [0.1, 0.15) is 13.7 Å². The third-order valence-electron chi connectivity index (χ3n) is 4.72. The summed E-state index contributed by atoms with van der Waals surface area (Å²) >= 11 is 5.82. The van der Waals surface area contributed by atoms with Gasteiger partial charge >= 0.3 is 0 Å². The average Bonchev–Trinajstić information content (AvgIpc) is 2.81. The minimum absolute atomic E-state index is 0.109. The highest BCUT2D eigenvalue weighted by Crippen LogP contribution is 2.19. The summed E-state index contributed by atoms with van der Waals surface area (Å²) in [5.41, 5.74) is 1.83. The molecule has 0 saturated carbocycles. The van der Waals surface area contributed by atoms with Crippen molar-refractivity contribution in [1.82, 2.24) is 10.3 Å². The molecule has 3 aromatic rings. The summed E-state index contributed by atoms with van der Waals surface area (Å²) in [5, 5.41) is 8.63. The van der Waals surface area contributed by atoms with Gasteiger partial charge in [0.05, 0.1) is 22.8 Å². The molecule has 0 aliphatic heterocycles. The van der Waals surface area contributed by atoms with Gasteiger partial charge in [-0.25, -0.2) is 4.98 Å². The lowest BCUT2D eigenvalue weighted by atomic mass is 9.93. The van der Waals surface area contributed by atoms with Gasteiger partial charge in [-0.2, -0.15) is 0 Å². The molecule has 0 fully saturated rings. The van der Waals surface area contributed by atoms with Crippen LogP contribution in [0.25, 0.3) is 0 Å². The largest absolute Gasteiger partial charge is 0.321 e. The van der Waals surface area contributed by atoms with E-state index >= 15 is 0 Å². The zero-order chi connectivity index (χ0) is 24.0. The summed E-state index contributed by atoms with van der Waals surface area (Å²) in [6.07, 6.45) is 1.41. The van der Waals surface area contributed by atoms with Crippen LogP contribution in [0.3, 0.4) is 0 Å². The number of likely N-dealkylation sites (N-methyl/N-ethyl adjacent to an activating group) is 2. The molecule has 2 aromatic carbocycles. The fourth-order valence-corrected chi connectivity index (χ4v) is 3.05. The molecular weight excluding hydrogens is 441 g/mol. The Kier molecular flexibility index (Phi) is 7.81. The monoisotopic (exact) mass is 461 g/mol. The minimum atomic E-state index is -0.493. The average molecular weight is 462 g/mol. The summed E-state index contributed by atoms with van der Waals surface area (Å²) in [7, 11) is 9.20. The zero-order valence-corrected chi connectivity index (χ0v) is 18.8. The van der Waals surface area contributed by atoms with Crippen LogP contribution in [0, 0.1) is 0 Å². The maximum absolute atomic E-state index is 12.8. The Bertz CT molecular complexity index is 1170. The molecule has 3 N–H and O–H groups in total. The molecule has 33 heavy (non-hydrogen) atoms. The quantitative estimate of drug-likeness (QED) is 0.468. The highest BCUT2D eigenvalue weighted by molar-refractivity contribution is 6.33. The van der Waals surface area contributed by atoms with Crippen LogP contribution < -0.4 is 26.3 Å². The second-order valence-corrected chi connectivity index (χ2v) is 7.54. The number of pyridine rings is 1. The number of nitrogens with one attached hydrogen (secondary N) is 3. The number of rotatable bonds is 7. The molecule has 3 amide bonds. The van der Waals surface area contributed by atoms with E-state index < -0.39 is 11.8 Å². The van der Waals surface area contributed by atoms with Gasteiger partial charge in [0.25, 0.3) is 11.8 Å². The predicted molar refractivity (Wildman–Crippen MR) is 131 cm³/mol. The van der Waals surface area contributed by atoms with Crippen LogP contribution in [-0.2, 0) is 4.79 Å². The van der Waals surface area contributed by atoms with Crippen LogP contribution in [0.15, 0.2) is 60.8 Å². The van der Waals surface area contributed by atoms with Crippen LogP contribution in [0.1, 0.15) is 20.7 Å². The molecule has 0 unspecified atom stereocenters. The van der Waals surface area contributed by atoms with Gasteiger partial charge in [-0.05, 0) is 49.5 Å². The van der Waals surface area contributed by atoms with Crippen molar-refractivity contribution in [3.05, 3.63) is 76.9 Å². The number of hydrogen-bond acceptors (Lipinski definition) is 5. The number of benzene rings is 2. The van der Waals surface area contributed by atoms with Crippen molar-refractivity contribution in [2.24, 2.45) is 0 Å². The smallest absolute Gasteiger partial charge is 0.258 e. The molecule has 0 aliphatic rings. The molecule has 0 saturated heterocycles. The first-order valence-electron chi connectivity index (χ1n) is 9.93. The van der Waals surface area contributed by atoms with E-state index in [2.05, 4.69) is 20.9 Å². The first kappa shape index (κ1) is 24.0. The van der Waals surface area contributed by atoms with Crippen molar-refractivity contribution in [1.29, 1.82) is 0 Å². The second kappa shape index (κ2) is 10.8. The van der Waals surface area contributed by atoms with Crippen molar-refractivity contribution in [3.8, 4) is 0 Å². The summed E-state index contributed by atoms with van der Waals surface area (Å²) in [6.45, 7) is 0.201. The Balaban J connectivity index is 1.76. The Morgan fingerprint density at radius 1 is 1.00 bits per heavy atom. The number of carbonyl (C=O) groups excluding carboxylic acids is 3. The van der Waals surface area contributed by atoms with Crippen LogP contribution >= 0.6 is 11.6 Å². The van der Waals surface area contributed by atoms with E-state index in [1.54, 1.807) is 62.6 Å². The highest BCUT2D eigenvalue weighted by Gasteiger charge is 2.16. The Morgan fingerprint density at radius 2 is 1.73 bits per heavy atom. The topological polar surface area (TPSA) is 103 Å². The number of halogens is 1. The number of nitrogens with zero attached hydrogens (tertiary/aromatic N) is 2. The van der Waals surface area contributed by atoms with Crippen molar-refractivity contribution in [3.63, 3.8) is 0 Å². The Labute approximate surface area is 197 Å². The standard InChI is InChI=1S/C23H21BClN5O3/c1-26-13-21(31)30(2)17-7-3-14(4-8-17)22(32)28-19-9-5-15(24)11-18(19)23(33)29-20-10-6-16(25)12-27-20/h3-12,26H,13H2,1-2H3,(H,28,32)(H,27,29,33). The van der Waals surface area contributed by atoms with Crippen LogP contribution in [0.4, 0.5) is 17.2 Å². The fourth-order valence-electron chi connectivity index (χ4n) is 2.94. The van der Waals surface area contributed by atoms with Gasteiger partial charge in [-0.1, -0.05) is 29.2 Å². The number of hydrogen-bond donors (Lipinski definition) is 3. The van der Waals surface area contributed by atoms with Crippen LogP contribution in [-0.4, -0.2) is 51.2 Å².